The van der Waals surface area contributed by atoms with Crippen LogP contribution in [-0.2, 0) is 0 Å². The highest BCUT2D eigenvalue weighted by Gasteiger charge is 2.01. The van der Waals surface area contributed by atoms with E-state index in [1.54, 1.807) is 0 Å². The molecule has 2 rings (SSSR count). The Morgan fingerprint density at radius 3 is 3.08 bits per heavy atom. The van der Waals surface area contributed by atoms with Gasteiger partial charge in [-0.25, -0.2) is 0 Å². The highest BCUT2D eigenvalue weighted by molar-refractivity contribution is 5.37. The van der Waals surface area contributed by atoms with Gasteiger partial charge in [0.1, 0.15) is 0 Å². The Labute approximate surface area is 71.6 Å². The van der Waals surface area contributed by atoms with Crippen molar-refractivity contribution < 1.29 is 0 Å². The molecule has 1 atom stereocenters. The Bertz CT molecular complexity index is 406. The van der Waals surface area contributed by atoms with Crippen LogP contribution in [0.15, 0.2) is 6.07 Å². The van der Waals surface area contributed by atoms with Crippen molar-refractivity contribution in [2.24, 2.45) is 5.92 Å². The molecule has 0 bridgehead atoms. The fraction of sp³-hybridized carbons (Fsp3) is 0.400. The Balaban J connectivity index is 2.72. The van der Waals surface area contributed by atoms with Crippen LogP contribution in [0.4, 0.5) is 0 Å². The second kappa shape index (κ2) is 2.70. The number of hydrogen-bond donors (Lipinski definition) is 0. The van der Waals surface area contributed by atoms with Gasteiger partial charge in [0.05, 0.1) is 11.0 Å². The summed E-state index contributed by atoms with van der Waals surface area (Å²) in [5.74, 6) is 0.640. The molecule has 0 amide bonds. The van der Waals surface area contributed by atoms with Crippen molar-refractivity contribution >= 4 is 12.2 Å². The van der Waals surface area contributed by atoms with E-state index in [9.17, 15) is 0 Å². The van der Waals surface area contributed by atoms with Gasteiger partial charge < -0.3 is 0 Å². The van der Waals surface area contributed by atoms with E-state index in [-0.39, 0.29) is 0 Å². The Hall–Kier alpha value is -1.18. The van der Waals surface area contributed by atoms with Gasteiger partial charge in [0.25, 0.3) is 0 Å². The summed E-state index contributed by atoms with van der Waals surface area (Å²) in [6.45, 7) is 4.19. The number of nitrogens with zero attached hydrogens (tertiary/aromatic N) is 2. The van der Waals surface area contributed by atoms with Gasteiger partial charge in [-0.1, -0.05) is 19.1 Å². The first-order valence-corrected chi connectivity index (χ1v) is 4.28. The topological polar surface area (TPSA) is 25.8 Å². The van der Waals surface area contributed by atoms with Crippen LogP contribution in [0.3, 0.4) is 0 Å². The van der Waals surface area contributed by atoms with E-state index in [0.29, 0.717) is 5.92 Å². The van der Waals surface area contributed by atoms with Crippen molar-refractivity contribution in [3.63, 3.8) is 0 Å². The van der Waals surface area contributed by atoms with Crippen molar-refractivity contribution in [1.29, 1.82) is 0 Å². The summed E-state index contributed by atoms with van der Waals surface area (Å²) in [5, 5.41) is 10.4. The molecule has 1 aromatic rings. The molecular formula is C10H12N2. The maximum Gasteiger partial charge on any atom is 0.0887 e. The maximum absolute atomic E-state index is 4.12. The van der Waals surface area contributed by atoms with Crippen LogP contribution in [0.2, 0.25) is 0 Å². The summed E-state index contributed by atoms with van der Waals surface area (Å²) in [6, 6.07) is 2.09. The lowest BCUT2D eigenvalue weighted by Crippen LogP contribution is -2.32. The second-order valence-corrected chi connectivity index (χ2v) is 3.41. The minimum atomic E-state index is 0.640. The quantitative estimate of drug-likeness (QED) is 0.548. The fourth-order valence-corrected chi connectivity index (χ4v) is 1.48. The average Bonchev–Trinajstić information content (AvgIpc) is 2.03. The molecule has 0 saturated carbocycles. The molecule has 62 valence electrons. The number of fused-ring (bicyclic) bond motifs is 1. The van der Waals surface area contributed by atoms with Gasteiger partial charge in [0.15, 0.2) is 0 Å². The van der Waals surface area contributed by atoms with Crippen LogP contribution in [0.5, 0.6) is 0 Å². The van der Waals surface area contributed by atoms with Gasteiger partial charge in [-0.05, 0) is 30.5 Å². The van der Waals surface area contributed by atoms with E-state index in [2.05, 4.69) is 35.3 Å². The van der Waals surface area contributed by atoms with Crippen molar-refractivity contribution in [3.05, 3.63) is 22.3 Å². The molecule has 0 radical (unpaired) electrons. The minimum Gasteiger partial charge on any atom is -0.155 e. The van der Waals surface area contributed by atoms with Crippen molar-refractivity contribution in [2.45, 2.75) is 20.3 Å². The van der Waals surface area contributed by atoms with E-state index < -0.39 is 0 Å². The second-order valence-electron chi connectivity index (χ2n) is 3.41. The summed E-state index contributed by atoms with van der Waals surface area (Å²) in [6.07, 6.45) is 5.51. The maximum atomic E-state index is 4.12. The molecule has 0 aromatic carbocycles. The lowest BCUT2D eigenvalue weighted by molar-refractivity contribution is 0.786. The van der Waals surface area contributed by atoms with E-state index in [0.717, 1.165) is 17.5 Å². The zero-order chi connectivity index (χ0) is 8.55. The molecule has 0 fully saturated rings. The van der Waals surface area contributed by atoms with Crippen LogP contribution in [-0.4, -0.2) is 10.2 Å². The fourth-order valence-electron chi connectivity index (χ4n) is 1.48. The minimum absolute atomic E-state index is 0.640. The molecule has 12 heavy (non-hydrogen) atoms. The number of aryl methyl sites for hydroxylation is 1. The van der Waals surface area contributed by atoms with Crippen molar-refractivity contribution in [1.82, 2.24) is 10.2 Å². The zero-order valence-corrected chi connectivity index (χ0v) is 7.41. The molecule has 0 spiro atoms. The van der Waals surface area contributed by atoms with Gasteiger partial charge >= 0.3 is 0 Å². The Morgan fingerprint density at radius 2 is 2.25 bits per heavy atom. The molecule has 1 unspecified atom stereocenters. The summed E-state index contributed by atoms with van der Waals surface area (Å²) in [4.78, 5) is 0. The third-order valence-corrected chi connectivity index (χ3v) is 2.12. The predicted molar refractivity (Wildman–Crippen MR) is 48.7 cm³/mol. The van der Waals surface area contributed by atoms with Crippen molar-refractivity contribution in [2.75, 3.05) is 0 Å². The van der Waals surface area contributed by atoms with Crippen LogP contribution >= 0.6 is 0 Å². The first kappa shape index (κ1) is 7.47. The standard InChI is InChI=1S/C10H12N2/c1-7-3-4-10-9(5-7)6-8(2)11-12-10/h4-7H,3H2,1-2H3. The van der Waals surface area contributed by atoms with Crippen molar-refractivity contribution in [3.8, 4) is 0 Å². The predicted octanol–water partition coefficient (Wildman–Crippen LogP) is 0.386. The SMILES string of the molecule is Cc1cc2c(nn1)=CCC(C)C=2. The van der Waals surface area contributed by atoms with Crippen LogP contribution in [0, 0.1) is 12.8 Å². The highest BCUT2D eigenvalue weighted by Crippen LogP contribution is 2.05. The third-order valence-electron chi connectivity index (χ3n) is 2.12. The van der Waals surface area contributed by atoms with Crippen LogP contribution < -0.4 is 10.6 Å². The van der Waals surface area contributed by atoms with E-state index in [4.69, 9.17) is 0 Å². The van der Waals surface area contributed by atoms with Crippen LogP contribution in [0.25, 0.3) is 12.2 Å². The molecule has 1 aliphatic carbocycles. The first-order chi connectivity index (χ1) is 5.75. The van der Waals surface area contributed by atoms with Gasteiger partial charge in [0.2, 0.25) is 0 Å². The van der Waals surface area contributed by atoms with E-state index in [1.807, 2.05) is 6.92 Å². The van der Waals surface area contributed by atoms with Gasteiger partial charge in [-0.15, -0.1) is 0 Å². The van der Waals surface area contributed by atoms with Gasteiger partial charge in [-0.2, -0.15) is 10.2 Å². The van der Waals surface area contributed by atoms with E-state index in [1.165, 1.54) is 5.22 Å². The highest BCUT2D eigenvalue weighted by atomic mass is 15.1. The number of rotatable bonds is 0. The van der Waals surface area contributed by atoms with E-state index >= 15 is 0 Å². The molecule has 0 saturated heterocycles. The molecule has 2 heteroatoms. The third kappa shape index (κ3) is 1.24. The summed E-state index contributed by atoms with van der Waals surface area (Å²) >= 11 is 0. The number of aromatic nitrogens is 2. The molecule has 0 aliphatic heterocycles. The van der Waals surface area contributed by atoms with Crippen LogP contribution in [0.1, 0.15) is 19.0 Å². The average molecular weight is 160 g/mol. The monoisotopic (exact) mass is 160 g/mol. The number of hydrogen-bond acceptors (Lipinski definition) is 2. The summed E-state index contributed by atoms with van der Waals surface area (Å²) in [7, 11) is 0. The molecule has 1 aromatic heterocycles. The molecule has 0 N–H and O–H groups in total. The summed E-state index contributed by atoms with van der Waals surface area (Å²) < 4.78 is 0. The first-order valence-electron chi connectivity index (χ1n) is 4.28. The molecular weight excluding hydrogens is 148 g/mol. The lowest BCUT2D eigenvalue weighted by atomic mass is 10.0. The Kier molecular flexibility index (Phi) is 1.68. The van der Waals surface area contributed by atoms with Gasteiger partial charge in [0, 0.05) is 0 Å². The smallest absolute Gasteiger partial charge is 0.0887 e. The summed E-state index contributed by atoms with van der Waals surface area (Å²) in [5.41, 5.74) is 0.993. The zero-order valence-electron chi connectivity index (χ0n) is 7.41. The normalized spacial score (nSPS) is 20.7. The molecule has 1 aliphatic rings. The molecule has 1 heterocycles. The van der Waals surface area contributed by atoms with Gasteiger partial charge in [-0.3, -0.25) is 0 Å². The Morgan fingerprint density at radius 1 is 1.42 bits per heavy atom. The largest absolute Gasteiger partial charge is 0.155 e. The lowest BCUT2D eigenvalue weighted by Gasteiger charge is -2.06. The molecule has 2 nitrogen and oxygen atoms in total.